The molecule has 6 nitrogen and oxygen atoms in total. The van der Waals surface area contributed by atoms with Crippen molar-refractivity contribution in [2.75, 3.05) is 4.90 Å². The number of carbonyl (C=O) groups excluding carboxylic acids is 1. The number of amides is 1. The van der Waals surface area contributed by atoms with Crippen molar-refractivity contribution in [3.8, 4) is 0 Å². The van der Waals surface area contributed by atoms with Gasteiger partial charge >= 0.3 is 6.18 Å². The molecular formula is C29H30ClF4N5O. The van der Waals surface area contributed by atoms with Crippen LogP contribution in [0.25, 0.3) is 0 Å². The van der Waals surface area contributed by atoms with Crippen molar-refractivity contribution >= 4 is 23.2 Å². The number of halogens is 5. The smallest absolute Gasteiger partial charge is 0.320 e. The van der Waals surface area contributed by atoms with Crippen LogP contribution < -0.4 is 10.2 Å². The van der Waals surface area contributed by atoms with Crippen molar-refractivity contribution in [3.63, 3.8) is 0 Å². The highest BCUT2D eigenvalue weighted by Gasteiger charge is 2.49. The van der Waals surface area contributed by atoms with E-state index in [0.29, 0.717) is 35.7 Å². The van der Waals surface area contributed by atoms with Gasteiger partial charge in [-0.2, -0.15) is 13.2 Å². The summed E-state index contributed by atoms with van der Waals surface area (Å²) in [6.07, 6.45) is 1.29. The number of hydrogen-bond donors (Lipinski definition) is 1. The summed E-state index contributed by atoms with van der Waals surface area (Å²) in [5.74, 6) is -0.475. The number of rotatable bonds is 6. The van der Waals surface area contributed by atoms with E-state index in [1.807, 2.05) is 14.0 Å². The van der Waals surface area contributed by atoms with E-state index in [4.69, 9.17) is 11.6 Å². The van der Waals surface area contributed by atoms with Crippen molar-refractivity contribution < 1.29 is 22.4 Å². The van der Waals surface area contributed by atoms with E-state index in [-0.39, 0.29) is 33.9 Å². The number of carbonyl (C=O) groups is 1. The number of anilines is 1. The van der Waals surface area contributed by atoms with E-state index >= 15 is 4.39 Å². The second-order valence-corrected chi connectivity index (χ2v) is 12.4. The monoisotopic (exact) mass is 575 g/mol. The van der Waals surface area contributed by atoms with E-state index < -0.39 is 35.4 Å². The summed E-state index contributed by atoms with van der Waals surface area (Å²) in [6.45, 7) is 3.93. The molecule has 3 aromatic rings. The fraction of sp³-hybridized carbons (Fsp3) is 0.483. The Kier molecular flexibility index (Phi) is 6.31. The van der Waals surface area contributed by atoms with Crippen LogP contribution in [-0.2, 0) is 31.7 Å². The van der Waals surface area contributed by atoms with Crippen LogP contribution in [0.1, 0.15) is 84.4 Å². The third-order valence-corrected chi connectivity index (χ3v) is 9.24. The fourth-order valence-corrected chi connectivity index (χ4v) is 6.87. The Labute approximate surface area is 234 Å². The lowest BCUT2D eigenvalue weighted by atomic mass is 9.58. The van der Waals surface area contributed by atoms with Gasteiger partial charge in [0.05, 0.1) is 28.2 Å². The zero-order valence-corrected chi connectivity index (χ0v) is 23.3. The van der Waals surface area contributed by atoms with Gasteiger partial charge in [-0.3, -0.25) is 4.79 Å². The standard InChI is InChI=1S/C29H30ClF4N5O/c1-16-11-28(12-16,26-37-36-15-38(26)3)18-9-22(30)24(31)23(10-18)39-14-20-19(25(39)40)7-17(8-21(20)29(32,33)34)13-35-27(2)5-4-6-27/h7-10,15-16,35H,4-6,11-14H2,1-3H3. The predicted octanol–water partition coefficient (Wildman–Crippen LogP) is 6.54. The zero-order chi connectivity index (χ0) is 28.6. The number of alkyl halides is 3. The molecule has 3 aliphatic rings. The van der Waals surface area contributed by atoms with Gasteiger partial charge in [0.1, 0.15) is 12.2 Å². The number of aryl methyl sites for hydroxylation is 1. The van der Waals surface area contributed by atoms with Crippen LogP contribution in [0, 0.1) is 11.7 Å². The number of aromatic nitrogens is 3. The van der Waals surface area contributed by atoms with E-state index in [1.165, 1.54) is 12.1 Å². The highest BCUT2D eigenvalue weighted by molar-refractivity contribution is 6.31. The minimum Gasteiger partial charge on any atom is -0.320 e. The molecule has 11 heteroatoms. The van der Waals surface area contributed by atoms with Crippen molar-refractivity contribution in [2.24, 2.45) is 13.0 Å². The van der Waals surface area contributed by atoms with Crippen LogP contribution in [0.15, 0.2) is 30.6 Å². The average molecular weight is 576 g/mol. The van der Waals surface area contributed by atoms with Crippen molar-refractivity contribution in [2.45, 2.75) is 76.2 Å². The zero-order valence-electron chi connectivity index (χ0n) is 22.5. The Hall–Kier alpha value is -2.98. The fourth-order valence-electron chi connectivity index (χ4n) is 6.66. The summed E-state index contributed by atoms with van der Waals surface area (Å²) < 4.78 is 60.0. The largest absolute Gasteiger partial charge is 0.416 e. The van der Waals surface area contributed by atoms with Crippen LogP contribution in [0.5, 0.6) is 0 Å². The molecule has 40 heavy (non-hydrogen) atoms. The van der Waals surface area contributed by atoms with Gasteiger partial charge in [-0.1, -0.05) is 18.5 Å². The third-order valence-electron chi connectivity index (χ3n) is 8.97. The van der Waals surface area contributed by atoms with Crippen LogP contribution in [0.2, 0.25) is 5.02 Å². The molecule has 212 valence electrons. The van der Waals surface area contributed by atoms with Crippen molar-refractivity contribution in [3.05, 3.63) is 75.1 Å². The maximum atomic E-state index is 15.6. The van der Waals surface area contributed by atoms with E-state index in [0.717, 1.165) is 30.2 Å². The Balaban J connectivity index is 1.40. The number of nitrogens with one attached hydrogen (secondary N) is 1. The van der Waals surface area contributed by atoms with Gasteiger partial charge in [0.15, 0.2) is 5.82 Å². The van der Waals surface area contributed by atoms with Gasteiger partial charge < -0.3 is 14.8 Å². The highest BCUT2D eigenvalue weighted by atomic mass is 35.5. The summed E-state index contributed by atoms with van der Waals surface area (Å²) in [6, 6.07) is 5.67. The van der Waals surface area contributed by atoms with Gasteiger partial charge in [0.2, 0.25) is 0 Å². The molecule has 2 heterocycles. The maximum absolute atomic E-state index is 15.6. The molecular weight excluding hydrogens is 546 g/mol. The summed E-state index contributed by atoms with van der Waals surface area (Å²) >= 11 is 6.37. The van der Waals surface area contributed by atoms with Crippen LogP contribution >= 0.6 is 11.6 Å². The molecule has 0 saturated heterocycles. The molecule has 0 radical (unpaired) electrons. The average Bonchev–Trinajstić information content (AvgIpc) is 3.43. The summed E-state index contributed by atoms with van der Waals surface area (Å²) in [7, 11) is 1.82. The molecule has 2 saturated carbocycles. The van der Waals surface area contributed by atoms with Gasteiger partial charge in [0.25, 0.3) is 5.91 Å². The SMILES string of the molecule is CC1CC(c2cc(Cl)c(F)c(N3Cc4c(cc(CNC5(C)CCC5)cc4C(F)(F)F)C3=O)c2)(c2nncn2C)C1. The summed E-state index contributed by atoms with van der Waals surface area (Å²) in [4.78, 5) is 14.7. The Morgan fingerprint density at radius 1 is 1.18 bits per heavy atom. The van der Waals surface area contributed by atoms with Gasteiger partial charge in [-0.15, -0.1) is 10.2 Å². The minimum atomic E-state index is -4.67. The lowest BCUT2D eigenvalue weighted by molar-refractivity contribution is -0.138. The first-order valence-corrected chi connectivity index (χ1v) is 13.8. The van der Waals surface area contributed by atoms with Gasteiger partial charge in [0, 0.05) is 24.7 Å². The van der Waals surface area contributed by atoms with Gasteiger partial charge in [-0.25, -0.2) is 4.39 Å². The Bertz CT molecular complexity index is 1510. The summed E-state index contributed by atoms with van der Waals surface area (Å²) in [5.41, 5.74) is -0.926. The molecule has 2 aromatic carbocycles. The maximum Gasteiger partial charge on any atom is 0.416 e. The molecule has 1 aliphatic heterocycles. The molecule has 6 rings (SSSR count). The minimum absolute atomic E-state index is 0.0633. The highest BCUT2D eigenvalue weighted by Crippen LogP contribution is 2.53. The first-order chi connectivity index (χ1) is 18.8. The molecule has 1 amide bonds. The molecule has 0 bridgehead atoms. The van der Waals surface area contributed by atoms with Crippen LogP contribution in [-0.4, -0.2) is 26.2 Å². The van der Waals surface area contributed by atoms with Crippen LogP contribution in [0.4, 0.5) is 23.2 Å². The molecule has 2 fully saturated rings. The second kappa shape index (κ2) is 9.27. The number of fused-ring (bicyclic) bond motifs is 1. The first kappa shape index (κ1) is 27.2. The van der Waals surface area contributed by atoms with Crippen molar-refractivity contribution in [1.82, 2.24) is 20.1 Å². The lowest BCUT2D eigenvalue weighted by Gasteiger charge is -2.46. The molecule has 0 atom stereocenters. The molecule has 0 spiro atoms. The van der Waals surface area contributed by atoms with Crippen LogP contribution in [0.3, 0.4) is 0 Å². The molecule has 1 N–H and O–H groups in total. The normalized spacial score (nSPS) is 23.6. The number of hydrogen-bond acceptors (Lipinski definition) is 4. The molecule has 1 aromatic heterocycles. The topological polar surface area (TPSA) is 63.1 Å². The predicted molar refractivity (Wildman–Crippen MR) is 143 cm³/mol. The molecule has 0 unspecified atom stereocenters. The van der Waals surface area contributed by atoms with E-state index in [1.54, 1.807) is 17.0 Å². The quantitative estimate of drug-likeness (QED) is 0.339. The van der Waals surface area contributed by atoms with E-state index in [9.17, 15) is 18.0 Å². The Morgan fingerprint density at radius 2 is 1.90 bits per heavy atom. The number of nitrogens with zero attached hydrogens (tertiary/aromatic N) is 4. The second-order valence-electron chi connectivity index (χ2n) is 12.0. The van der Waals surface area contributed by atoms with E-state index in [2.05, 4.69) is 22.4 Å². The molecule has 2 aliphatic carbocycles. The first-order valence-electron chi connectivity index (χ1n) is 13.5. The third kappa shape index (κ3) is 4.31. The van der Waals surface area contributed by atoms with Crippen molar-refractivity contribution in [1.29, 1.82) is 0 Å². The summed E-state index contributed by atoms with van der Waals surface area (Å²) in [5, 5.41) is 11.4. The van der Waals surface area contributed by atoms with Gasteiger partial charge in [-0.05, 0) is 85.9 Å². The lowest BCUT2D eigenvalue weighted by Crippen LogP contribution is -2.47. The Morgan fingerprint density at radius 3 is 2.48 bits per heavy atom. The number of benzene rings is 2.